The van der Waals surface area contributed by atoms with E-state index in [1.54, 1.807) is 0 Å². The molecule has 0 spiro atoms. The number of thiophene rings is 1. The molecule has 0 N–H and O–H groups in total. The Bertz CT molecular complexity index is 2850. The molecule has 0 bridgehead atoms. The van der Waals surface area contributed by atoms with Crippen molar-refractivity contribution in [3.8, 4) is 33.4 Å². The Morgan fingerprint density at radius 3 is 1.86 bits per heavy atom. The van der Waals surface area contributed by atoms with Gasteiger partial charge in [0, 0.05) is 48.7 Å². The molecule has 0 aliphatic heterocycles. The van der Waals surface area contributed by atoms with Crippen molar-refractivity contribution in [2.75, 3.05) is 4.90 Å². The second kappa shape index (κ2) is 12.2. The summed E-state index contributed by atoms with van der Waals surface area (Å²) in [5.41, 5.74) is 12.1. The van der Waals surface area contributed by atoms with E-state index in [0.717, 1.165) is 44.4 Å². The van der Waals surface area contributed by atoms with E-state index in [1.807, 2.05) is 23.5 Å². The van der Waals surface area contributed by atoms with Gasteiger partial charge in [-0.05, 0) is 58.7 Å². The van der Waals surface area contributed by atoms with Gasteiger partial charge in [-0.2, -0.15) is 0 Å². The van der Waals surface area contributed by atoms with Gasteiger partial charge in [0.1, 0.15) is 11.2 Å². The van der Waals surface area contributed by atoms with E-state index in [2.05, 4.69) is 181 Å². The molecule has 0 saturated carbocycles. The van der Waals surface area contributed by atoms with Crippen LogP contribution in [-0.4, -0.2) is 0 Å². The van der Waals surface area contributed by atoms with E-state index >= 15 is 0 Å². The molecular weight excluding hydrogens is 639 g/mol. The Morgan fingerprint density at radius 2 is 1.04 bits per heavy atom. The minimum atomic E-state index is 0.908. The van der Waals surface area contributed by atoms with Crippen molar-refractivity contribution in [3.63, 3.8) is 0 Å². The maximum absolute atomic E-state index is 6.44. The van der Waals surface area contributed by atoms with Gasteiger partial charge in [-0.15, -0.1) is 11.3 Å². The number of benzene rings is 8. The van der Waals surface area contributed by atoms with Crippen molar-refractivity contribution in [2.24, 2.45) is 0 Å². The lowest BCUT2D eigenvalue weighted by Gasteiger charge is -2.29. The van der Waals surface area contributed by atoms with Crippen molar-refractivity contribution < 1.29 is 4.42 Å². The van der Waals surface area contributed by atoms with Crippen LogP contribution in [0.5, 0.6) is 0 Å². The molecule has 0 fully saturated rings. The molecule has 0 atom stereocenters. The van der Waals surface area contributed by atoms with E-state index < -0.39 is 0 Å². The summed E-state index contributed by atoms with van der Waals surface area (Å²) in [6, 6.07) is 67.4. The fourth-order valence-electron chi connectivity index (χ4n) is 7.47. The molecule has 10 aromatic rings. The van der Waals surface area contributed by atoms with E-state index in [-0.39, 0.29) is 0 Å². The zero-order valence-electron chi connectivity index (χ0n) is 27.7. The van der Waals surface area contributed by atoms with Crippen LogP contribution in [0.15, 0.2) is 192 Å². The van der Waals surface area contributed by atoms with Gasteiger partial charge in [0.25, 0.3) is 0 Å². The lowest BCUT2D eigenvalue weighted by molar-refractivity contribution is 0.670. The van der Waals surface area contributed by atoms with Crippen molar-refractivity contribution >= 4 is 70.5 Å². The van der Waals surface area contributed by atoms with Crippen LogP contribution in [0.3, 0.4) is 0 Å². The van der Waals surface area contributed by atoms with Crippen molar-refractivity contribution in [1.82, 2.24) is 0 Å². The summed E-state index contributed by atoms with van der Waals surface area (Å²) in [4.78, 5) is 2.46. The van der Waals surface area contributed by atoms with Crippen LogP contribution in [-0.2, 0) is 0 Å². The van der Waals surface area contributed by atoms with Crippen LogP contribution in [0.4, 0.5) is 17.1 Å². The number of furan rings is 1. The zero-order valence-corrected chi connectivity index (χ0v) is 28.5. The summed E-state index contributed by atoms with van der Waals surface area (Å²) in [6.45, 7) is 0. The minimum absolute atomic E-state index is 0.908. The summed E-state index contributed by atoms with van der Waals surface area (Å²) in [5.74, 6) is 0. The van der Waals surface area contributed by atoms with Crippen molar-refractivity contribution in [3.05, 3.63) is 188 Å². The fourth-order valence-corrected chi connectivity index (χ4v) is 8.71. The predicted octanol–water partition coefficient (Wildman–Crippen LogP) is 14.4. The van der Waals surface area contributed by atoms with Gasteiger partial charge in [0.2, 0.25) is 0 Å². The van der Waals surface area contributed by atoms with Crippen LogP contribution in [0.2, 0.25) is 0 Å². The lowest BCUT2D eigenvalue weighted by Crippen LogP contribution is -2.11. The molecule has 0 radical (unpaired) electrons. The molecule has 0 aliphatic rings. The maximum Gasteiger partial charge on any atom is 0.143 e. The highest BCUT2D eigenvalue weighted by molar-refractivity contribution is 7.26. The Morgan fingerprint density at radius 1 is 0.392 bits per heavy atom. The van der Waals surface area contributed by atoms with E-state index in [9.17, 15) is 0 Å². The minimum Gasteiger partial charge on any atom is -0.455 e. The summed E-state index contributed by atoms with van der Waals surface area (Å²) in [6.07, 6.45) is 0. The fraction of sp³-hybridized carbons (Fsp3) is 0. The molecule has 0 saturated heterocycles. The van der Waals surface area contributed by atoms with Gasteiger partial charge in [-0.3, -0.25) is 0 Å². The highest BCUT2D eigenvalue weighted by atomic mass is 32.1. The number of rotatable bonds is 6. The molecule has 240 valence electrons. The predicted molar refractivity (Wildman–Crippen MR) is 218 cm³/mol. The van der Waals surface area contributed by atoms with Gasteiger partial charge in [0.05, 0.1) is 10.4 Å². The summed E-state index contributed by atoms with van der Waals surface area (Å²) < 4.78 is 8.99. The van der Waals surface area contributed by atoms with Crippen LogP contribution >= 0.6 is 11.3 Å². The first-order valence-electron chi connectivity index (χ1n) is 17.3. The van der Waals surface area contributed by atoms with Crippen LogP contribution in [0, 0.1) is 0 Å². The lowest BCUT2D eigenvalue weighted by atomic mass is 9.98. The van der Waals surface area contributed by atoms with E-state index in [0.29, 0.717) is 0 Å². The molecule has 0 amide bonds. The molecule has 51 heavy (non-hydrogen) atoms. The molecule has 2 heterocycles. The smallest absolute Gasteiger partial charge is 0.143 e. The number of fused-ring (bicyclic) bond motifs is 6. The van der Waals surface area contributed by atoms with Crippen LogP contribution < -0.4 is 4.90 Å². The van der Waals surface area contributed by atoms with Crippen LogP contribution in [0.1, 0.15) is 0 Å². The Hall–Kier alpha value is -6.42. The number of nitrogens with zero attached hydrogens (tertiary/aromatic N) is 1. The summed E-state index contributed by atoms with van der Waals surface area (Å²) in [7, 11) is 0. The average molecular weight is 670 g/mol. The highest BCUT2D eigenvalue weighted by Gasteiger charge is 2.23. The zero-order chi connectivity index (χ0) is 33.7. The molecule has 2 nitrogen and oxygen atoms in total. The first-order valence-corrected chi connectivity index (χ1v) is 18.1. The van der Waals surface area contributed by atoms with Crippen molar-refractivity contribution in [2.45, 2.75) is 0 Å². The van der Waals surface area contributed by atoms with Gasteiger partial charge < -0.3 is 9.32 Å². The molecule has 0 unspecified atom stereocenters. The number of hydrogen-bond acceptors (Lipinski definition) is 3. The Labute approximate surface area is 300 Å². The second-order valence-electron chi connectivity index (χ2n) is 12.9. The van der Waals surface area contributed by atoms with Gasteiger partial charge >= 0.3 is 0 Å². The topological polar surface area (TPSA) is 16.4 Å². The molecular formula is C48H31NOS. The summed E-state index contributed by atoms with van der Waals surface area (Å²) >= 11 is 1.86. The monoisotopic (exact) mass is 669 g/mol. The second-order valence-corrected chi connectivity index (χ2v) is 13.9. The van der Waals surface area contributed by atoms with Crippen molar-refractivity contribution in [1.29, 1.82) is 0 Å². The quantitative estimate of drug-likeness (QED) is 0.175. The third-order valence-corrected chi connectivity index (χ3v) is 11.1. The Kier molecular flexibility index (Phi) is 7.04. The van der Waals surface area contributed by atoms with Gasteiger partial charge in [-0.1, -0.05) is 152 Å². The van der Waals surface area contributed by atoms with Gasteiger partial charge in [-0.25, -0.2) is 0 Å². The average Bonchev–Trinajstić information content (AvgIpc) is 3.78. The largest absolute Gasteiger partial charge is 0.455 e. The third kappa shape index (κ3) is 5.01. The third-order valence-electron chi connectivity index (χ3n) is 9.88. The number of para-hydroxylation sites is 2. The highest BCUT2D eigenvalue weighted by Crippen LogP contribution is 2.50. The molecule has 3 heteroatoms. The number of hydrogen-bond donors (Lipinski definition) is 0. The molecule has 10 rings (SSSR count). The molecule has 0 aliphatic carbocycles. The van der Waals surface area contributed by atoms with Gasteiger partial charge in [0.15, 0.2) is 0 Å². The normalized spacial score (nSPS) is 11.5. The molecule has 2 aromatic heterocycles. The first kappa shape index (κ1) is 29.5. The SMILES string of the molecule is c1ccc(-c2cccc(N(c3ccc(-c4cccc5c4oc4ccccc45)cc3)c3c(-c4ccccc4)ccc4c3sc3ccccc34)c2)cc1. The standard InChI is InChI=1S/C48H31NOS/c1-3-13-32(14-4-1)35-17-11-18-37(31-35)49(36-27-25-34(26-28-36)39-21-12-22-42-40-19-7-9-23-44(40)50-47(39)42)46-38(33-15-5-2-6-16-33)29-30-43-41-20-8-10-24-45(41)51-48(43)46/h1-31H. The summed E-state index contributed by atoms with van der Waals surface area (Å²) in [5, 5.41) is 4.82. The number of anilines is 3. The Balaban J connectivity index is 1.22. The van der Waals surface area contributed by atoms with Crippen LogP contribution in [0.25, 0.3) is 75.5 Å². The maximum atomic E-state index is 6.44. The van der Waals surface area contributed by atoms with E-state index in [1.165, 1.54) is 48.1 Å². The van der Waals surface area contributed by atoms with E-state index in [4.69, 9.17) is 4.42 Å². The molecule has 8 aromatic carbocycles. The first-order chi connectivity index (χ1) is 25.3.